The quantitative estimate of drug-likeness (QED) is 0.819. The van der Waals surface area contributed by atoms with E-state index >= 15 is 0 Å². The van der Waals surface area contributed by atoms with E-state index in [2.05, 4.69) is 5.32 Å². The summed E-state index contributed by atoms with van der Waals surface area (Å²) in [6.07, 6.45) is 0.725. The van der Waals surface area contributed by atoms with Gasteiger partial charge in [-0.2, -0.15) is 0 Å². The summed E-state index contributed by atoms with van der Waals surface area (Å²) < 4.78 is 13.0. The van der Waals surface area contributed by atoms with Crippen LogP contribution in [0.2, 0.25) is 0 Å². The van der Waals surface area contributed by atoms with Gasteiger partial charge in [0, 0.05) is 19.6 Å². The predicted octanol–water partition coefficient (Wildman–Crippen LogP) is 1.36. The van der Waals surface area contributed by atoms with Crippen molar-refractivity contribution >= 4 is 23.2 Å². The zero-order chi connectivity index (χ0) is 13.8. The monoisotopic (exact) mass is 282 g/mol. The molecule has 2 N–H and O–H groups in total. The van der Waals surface area contributed by atoms with Crippen LogP contribution in [-0.4, -0.2) is 34.2 Å². The second-order valence-electron chi connectivity index (χ2n) is 4.33. The van der Waals surface area contributed by atoms with Gasteiger partial charge >= 0.3 is 0 Å². The van der Waals surface area contributed by atoms with Gasteiger partial charge in [0.2, 0.25) is 5.91 Å². The zero-order valence-electron chi connectivity index (χ0n) is 10.3. The average molecular weight is 282 g/mol. The Kier molecular flexibility index (Phi) is 4.44. The Morgan fingerprint density at radius 3 is 2.68 bits per heavy atom. The lowest BCUT2D eigenvalue weighted by Gasteiger charge is -2.35. The number of thiocarbonyl (C=S) groups is 1. The highest BCUT2D eigenvalue weighted by atomic mass is 32.1. The fourth-order valence-corrected chi connectivity index (χ4v) is 2.49. The first-order valence-electron chi connectivity index (χ1n) is 6.09. The molecule has 0 aromatic heterocycles. The molecule has 1 fully saturated rings. The second kappa shape index (κ2) is 6.08. The molecule has 1 unspecified atom stereocenters. The minimum Gasteiger partial charge on any atom is -0.396 e. The standard InChI is InChI=1S/C13H15FN2O2S/c14-10-3-1-9(2-4-10)11(6-8-17)16-12(18)5-7-15-13(16)19/h1-4,11,17H,5-8H2,(H,15,19). The number of carbonyl (C=O) groups excluding carboxylic acids is 1. The highest BCUT2D eigenvalue weighted by Crippen LogP contribution is 2.26. The van der Waals surface area contributed by atoms with Crippen LogP contribution in [0, 0.1) is 5.82 Å². The molecule has 19 heavy (non-hydrogen) atoms. The minimum atomic E-state index is -0.363. The van der Waals surface area contributed by atoms with Crippen molar-refractivity contribution in [3.63, 3.8) is 0 Å². The van der Waals surface area contributed by atoms with Gasteiger partial charge in [0.15, 0.2) is 5.11 Å². The molecule has 1 saturated heterocycles. The van der Waals surface area contributed by atoms with Crippen LogP contribution in [0.3, 0.4) is 0 Å². The van der Waals surface area contributed by atoms with Crippen molar-refractivity contribution in [2.45, 2.75) is 18.9 Å². The number of hydrogen-bond donors (Lipinski definition) is 2. The summed E-state index contributed by atoms with van der Waals surface area (Å²) in [6.45, 7) is 0.456. The molecule has 1 aliphatic heterocycles. The second-order valence-corrected chi connectivity index (χ2v) is 4.71. The molecule has 0 aliphatic carbocycles. The van der Waals surface area contributed by atoms with E-state index in [1.54, 1.807) is 12.1 Å². The molecule has 4 nitrogen and oxygen atoms in total. The number of nitrogens with one attached hydrogen (secondary N) is 1. The third kappa shape index (κ3) is 3.08. The van der Waals surface area contributed by atoms with Crippen LogP contribution >= 0.6 is 12.2 Å². The van der Waals surface area contributed by atoms with E-state index in [9.17, 15) is 14.3 Å². The Morgan fingerprint density at radius 2 is 2.11 bits per heavy atom. The van der Waals surface area contributed by atoms with Gasteiger partial charge in [-0.15, -0.1) is 0 Å². The van der Waals surface area contributed by atoms with Crippen molar-refractivity contribution in [2.24, 2.45) is 0 Å². The largest absolute Gasteiger partial charge is 0.396 e. The molecule has 6 heteroatoms. The van der Waals surface area contributed by atoms with Gasteiger partial charge in [-0.3, -0.25) is 9.69 Å². The average Bonchev–Trinajstić information content (AvgIpc) is 2.38. The number of aliphatic hydroxyl groups is 1. The van der Waals surface area contributed by atoms with Gasteiger partial charge in [0.25, 0.3) is 0 Å². The first kappa shape index (κ1) is 13.9. The van der Waals surface area contributed by atoms with Crippen LogP contribution in [-0.2, 0) is 4.79 Å². The predicted molar refractivity (Wildman–Crippen MR) is 72.9 cm³/mol. The zero-order valence-corrected chi connectivity index (χ0v) is 11.1. The lowest BCUT2D eigenvalue weighted by atomic mass is 10.0. The number of hydrogen-bond acceptors (Lipinski definition) is 3. The van der Waals surface area contributed by atoms with Crippen molar-refractivity contribution in [3.8, 4) is 0 Å². The number of halogens is 1. The highest BCUT2D eigenvalue weighted by Gasteiger charge is 2.30. The summed E-state index contributed by atoms with van der Waals surface area (Å²) in [6, 6.07) is 5.54. The normalized spacial score (nSPS) is 17.3. The Bertz CT molecular complexity index is 462. The van der Waals surface area contributed by atoms with E-state index in [0.29, 0.717) is 24.5 Å². The van der Waals surface area contributed by atoms with Crippen molar-refractivity contribution in [2.75, 3.05) is 13.2 Å². The van der Waals surface area contributed by atoms with Crippen molar-refractivity contribution in [3.05, 3.63) is 35.6 Å². The summed E-state index contributed by atoms with van der Waals surface area (Å²) in [4.78, 5) is 13.5. The minimum absolute atomic E-state index is 0.0750. The maximum Gasteiger partial charge on any atom is 0.231 e. The van der Waals surface area contributed by atoms with E-state index in [0.717, 1.165) is 5.56 Å². The van der Waals surface area contributed by atoms with Crippen molar-refractivity contribution in [1.29, 1.82) is 0 Å². The molecule has 1 heterocycles. The van der Waals surface area contributed by atoms with E-state index in [1.807, 2.05) is 0 Å². The SMILES string of the molecule is O=C1CCNC(=S)N1C(CCO)c1ccc(F)cc1. The topological polar surface area (TPSA) is 52.6 Å². The number of amides is 1. The third-order valence-electron chi connectivity index (χ3n) is 3.07. The molecule has 2 rings (SSSR count). The molecular weight excluding hydrogens is 267 g/mol. The summed E-state index contributed by atoms with van der Waals surface area (Å²) in [5.41, 5.74) is 0.759. The van der Waals surface area contributed by atoms with Gasteiger partial charge < -0.3 is 10.4 Å². The highest BCUT2D eigenvalue weighted by molar-refractivity contribution is 7.80. The smallest absolute Gasteiger partial charge is 0.231 e. The molecule has 1 aromatic rings. The lowest BCUT2D eigenvalue weighted by molar-refractivity contribution is -0.130. The summed E-state index contributed by atoms with van der Waals surface area (Å²) >= 11 is 5.16. The number of benzene rings is 1. The maximum atomic E-state index is 13.0. The number of carbonyl (C=O) groups is 1. The first-order chi connectivity index (χ1) is 9.13. The molecule has 0 saturated carbocycles. The first-order valence-corrected chi connectivity index (χ1v) is 6.50. The van der Waals surface area contributed by atoms with Crippen molar-refractivity contribution in [1.82, 2.24) is 10.2 Å². The van der Waals surface area contributed by atoms with Crippen LogP contribution in [0.15, 0.2) is 24.3 Å². The van der Waals surface area contributed by atoms with Gasteiger partial charge in [0.05, 0.1) is 6.04 Å². The molecular formula is C13H15FN2O2S. The Hall–Kier alpha value is -1.53. The maximum absolute atomic E-state index is 13.0. The summed E-state index contributed by atoms with van der Waals surface area (Å²) in [7, 11) is 0. The molecule has 0 bridgehead atoms. The van der Waals surface area contributed by atoms with Crippen LogP contribution in [0.5, 0.6) is 0 Å². The van der Waals surface area contributed by atoms with E-state index in [4.69, 9.17) is 12.2 Å². The van der Waals surface area contributed by atoms with Crippen LogP contribution in [0.25, 0.3) is 0 Å². The summed E-state index contributed by atoms with van der Waals surface area (Å²) in [5.74, 6) is -0.413. The summed E-state index contributed by atoms with van der Waals surface area (Å²) in [5, 5.41) is 12.5. The van der Waals surface area contributed by atoms with Gasteiger partial charge in [-0.1, -0.05) is 12.1 Å². The van der Waals surface area contributed by atoms with E-state index < -0.39 is 0 Å². The molecule has 1 aliphatic rings. The van der Waals surface area contributed by atoms with E-state index in [1.165, 1.54) is 17.0 Å². The molecule has 0 radical (unpaired) electrons. The fraction of sp³-hybridized carbons (Fsp3) is 0.385. The number of nitrogens with zero attached hydrogens (tertiary/aromatic N) is 1. The van der Waals surface area contributed by atoms with Gasteiger partial charge in [-0.05, 0) is 36.3 Å². The van der Waals surface area contributed by atoms with Crippen LogP contribution in [0.1, 0.15) is 24.4 Å². The Morgan fingerprint density at radius 1 is 1.42 bits per heavy atom. The molecule has 1 aromatic carbocycles. The lowest BCUT2D eigenvalue weighted by Crippen LogP contribution is -2.51. The Balaban J connectivity index is 2.30. The molecule has 0 spiro atoms. The Labute approximate surface area is 116 Å². The molecule has 1 amide bonds. The number of rotatable bonds is 4. The molecule has 1 atom stereocenters. The fourth-order valence-electron chi connectivity index (χ4n) is 2.16. The molecule has 102 valence electrons. The van der Waals surface area contributed by atoms with Crippen LogP contribution < -0.4 is 5.32 Å². The van der Waals surface area contributed by atoms with Gasteiger partial charge in [-0.25, -0.2) is 4.39 Å². The van der Waals surface area contributed by atoms with E-state index in [-0.39, 0.29) is 24.4 Å². The van der Waals surface area contributed by atoms with Crippen LogP contribution in [0.4, 0.5) is 4.39 Å². The van der Waals surface area contributed by atoms with Gasteiger partial charge in [0.1, 0.15) is 5.82 Å². The van der Waals surface area contributed by atoms with Crippen molar-refractivity contribution < 1.29 is 14.3 Å². The number of aliphatic hydroxyl groups excluding tert-OH is 1. The third-order valence-corrected chi connectivity index (χ3v) is 3.41.